The molecule has 1 atom stereocenters. The van der Waals surface area contributed by atoms with Gasteiger partial charge in [-0.2, -0.15) is 0 Å². The van der Waals surface area contributed by atoms with Crippen molar-refractivity contribution in [1.82, 2.24) is 14.7 Å². The maximum Gasteiger partial charge on any atom is 0.241 e. The van der Waals surface area contributed by atoms with Crippen LogP contribution in [0.4, 0.5) is 17.3 Å². The summed E-state index contributed by atoms with van der Waals surface area (Å²) in [5, 5.41) is 3.14. The molecule has 0 saturated heterocycles. The molecule has 4 aromatic rings. The van der Waals surface area contributed by atoms with Gasteiger partial charge in [0, 0.05) is 36.1 Å². The maximum atomic E-state index is 12.9. The van der Waals surface area contributed by atoms with Crippen LogP contribution in [0.5, 0.6) is 0 Å². The summed E-state index contributed by atoms with van der Waals surface area (Å²) >= 11 is 0. The van der Waals surface area contributed by atoms with Crippen molar-refractivity contribution in [2.24, 2.45) is 0 Å². The molecule has 5 rings (SSSR count). The van der Waals surface area contributed by atoms with Gasteiger partial charge in [-0.1, -0.05) is 48.0 Å². The predicted molar refractivity (Wildman–Crippen MR) is 144 cm³/mol. The minimum absolute atomic E-state index is 0.0300. The van der Waals surface area contributed by atoms with Gasteiger partial charge in [-0.05, 0) is 49.7 Å². The number of sulfonamides is 1. The third kappa shape index (κ3) is 5.09. The highest BCUT2D eigenvalue weighted by atomic mass is 32.2. The van der Waals surface area contributed by atoms with Crippen LogP contribution in [0.3, 0.4) is 0 Å². The Morgan fingerprint density at radius 2 is 1.68 bits per heavy atom. The van der Waals surface area contributed by atoms with Crippen LogP contribution in [0, 0.1) is 6.92 Å². The summed E-state index contributed by atoms with van der Waals surface area (Å²) in [4.78, 5) is 23.5. The normalized spacial score (nSPS) is 13.9. The van der Waals surface area contributed by atoms with Crippen molar-refractivity contribution < 1.29 is 13.2 Å². The van der Waals surface area contributed by atoms with Crippen molar-refractivity contribution >= 4 is 33.3 Å². The number of carbonyl (C=O) groups is 1. The van der Waals surface area contributed by atoms with E-state index in [-0.39, 0.29) is 23.3 Å². The number of fused-ring (bicyclic) bond motifs is 3. The molecule has 2 heterocycles. The van der Waals surface area contributed by atoms with Crippen LogP contribution in [-0.4, -0.2) is 31.3 Å². The molecule has 0 bridgehead atoms. The molecule has 2 N–H and O–H groups in total. The first-order chi connectivity index (χ1) is 17.7. The zero-order chi connectivity index (χ0) is 26.2. The van der Waals surface area contributed by atoms with Crippen molar-refractivity contribution in [3.63, 3.8) is 0 Å². The SMILES string of the molecule is Cc1ccc([C@H](C)NS(=O)(=O)c2ccc(Nc3ncc4c(n3)-c3ccccc3N(C)C(=O)C4)cc2)cc1. The fourth-order valence-corrected chi connectivity index (χ4v) is 5.51. The van der Waals surface area contributed by atoms with E-state index in [2.05, 4.69) is 15.0 Å². The van der Waals surface area contributed by atoms with Crippen molar-refractivity contribution in [1.29, 1.82) is 0 Å². The van der Waals surface area contributed by atoms with Crippen molar-refractivity contribution in [3.05, 3.63) is 95.7 Å². The van der Waals surface area contributed by atoms with Gasteiger partial charge < -0.3 is 10.2 Å². The lowest BCUT2D eigenvalue weighted by Crippen LogP contribution is -2.26. The Hall–Kier alpha value is -4.08. The van der Waals surface area contributed by atoms with Crippen LogP contribution in [0.25, 0.3) is 11.3 Å². The molecule has 3 aromatic carbocycles. The number of amides is 1. The Balaban J connectivity index is 1.35. The molecule has 0 fully saturated rings. The fraction of sp³-hybridized carbons (Fsp3) is 0.179. The summed E-state index contributed by atoms with van der Waals surface area (Å²) in [6.07, 6.45) is 1.87. The smallest absolute Gasteiger partial charge is 0.241 e. The van der Waals surface area contributed by atoms with Crippen LogP contribution in [0.1, 0.15) is 29.7 Å². The minimum Gasteiger partial charge on any atom is -0.324 e. The number of nitrogens with zero attached hydrogens (tertiary/aromatic N) is 3. The summed E-state index contributed by atoms with van der Waals surface area (Å²) in [7, 11) is -1.96. The summed E-state index contributed by atoms with van der Waals surface area (Å²) in [6, 6.07) is 21.4. The van der Waals surface area contributed by atoms with Crippen LogP contribution in [0.2, 0.25) is 0 Å². The van der Waals surface area contributed by atoms with Crippen molar-refractivity contribution in [2.45, 2.75) is 31.2 Å². The zero-order valence-corrected chi connectivity index (χ0v) is 21.6. The average molecular weight is 514 g/mol. The van der Waals surface area contributed by atoms with Gasteiger partial charge in [-0.15, -0.1) is 0 Å². The van der Waals surface area contributed by atoms with Gasteiger partial charge in [0.25, 0.3) is 0 Å². The number of benzene rings is 3. The Bertz CT molecular complexity index is 1570. The lowest BCUT2D eigenvalue weighted by molar-refractivity contribution is -0.117. The number of carbonyl (C=O) groups excluding carboxylic acids is 1. The van der Waals surface area contributed by atoms with Crippen molar-refractivity contribution in [2.75, 3.05) is 17.3 Å². The van der Waals surface area contributed by atoms with E-state index in [4.69, 9.17) is 4.98 Å². The standard InChI is InChI=1S/C28H27N5O3S/c1-18-8-10-20(11-9-18)19(2)32-37(35,36)23-14-12-22(13-15-23)30-28-29-17-21-16-26(34)33(3)25-7-5-4-6-24(25)27(21)31-28/h4-15,17,19,32H,16H2,1-3H3,(H,29,30,31)/t19-/m0/s1. The van der Waals surface area contributed by atoms with E-state index in [1.807, 2.05) is 62.4 Å². The lowest BCUT2D eigenvalue weighted by atomic mass is 10.1. The average Bonchev–Trinajstić information content (AvgIpc) is 2.99. The summed E-state index contributed by atoms with van der Waals surface area (Å²) < 4.78 is 28.6. The van der Waals surface area contributed by atoms with Crippen LogP contribution >= 0.6 is 0 Å². The van der Waals surface area contributed by atoms with E-state index in [1.165, 1.54) is 0 Å². The highest BCUT2D eigenvalue weighted by Crippen LogP contribution is 2.35. The zero-order valence-electron chi connectivity index (χ0n) is 20.8. The van der Waals surface area contributed by atoms with E-state index in [0.29, 0.717) is 17.3 Å². The molecule has 0 aliphatic carbocycles. The van der Waals surface area contributed by atoms with Gasteiger partial charge in [-0.25, -0.2) is 23.1 Å². The van der Waals surface area contributed by atoms with Gasteiger partial charge in [0.1, 0.15) is 0 Å². The maximum absolute atomic E-state index is 12.9. The number of aryl methyl sites for hydroxylation is 1. The summed E-state index contributed by atoms with van der Waals surface area (Å²) in [6.45, 7) is 3.81. The quantitative estimate of drug-likeness (QED) is 0.385. The summed E-state index contributed by atoms with van der Waals surface area (Å²) in [5.41, 5.74) is 5.74. The Kier molecular flexibility index (Phi) is 6.49. The molecule has 188 valence electrons. The number of hydrogen-bond donors (Lipinski definition) is 2. The Morgan fingerprint density at radius 1 is 0.973 bits per heavy atom. The van der Waals surface area contributed by atoms with E-state index in [1.54, 1.807) is 42.4 Å². The first-order valence-corrected chi connectivity index (χ1v) is 13.4. The summed E-state index contributed by atoms with van der Waals surface area (Å²) in [5.74, 6) is 0.324. The highest BCUT2D eigenvalue weighted by molar-refractivity contribution is 7.89. The number of likely N-dealkylation sites (N-methyl/N-ethyl adjacent to an activating group) is 1. The first kappa shape index (κ1) is 24.6. The molecule has 37 heavy (non-hydrogen) atoms. The largest absolute Gasteiger partial charge is 0.324 e. The molecule has 0 radical (unpaired) electrons. The third-order valence-corrected chi connectivity index (χ3v) is 7.99. The second kappa shape index (κ2) is 9.76. The van der Waals surface area contributed by atoms with Crippen LogP contribution < -0.4 is 14.9 Å². The van der Waals surface area contributed by atoms with Crippen LogP contribution in [-0.2, 0) is 21.2 Å². The fourth-order valence-electron chi connectivity index (χ4n) is 4.28. The van der Waals surface area contributed by atoms with E-state index < -0.39 is 10.0 Å². The van der Waals surface area contributed by atoms with Crippen LogP contribution in [0.15, 0.2) is 83.9 Å². The monoisotopic (exact) mass is 513 g/mol. The molecule has 9 heteroatoms. The van der Waals surface area contributed by atoms with E-state index >= 15 is 0 Å². The molecule has 1 amide bonds. The highest BCUT2D eigenvalue weighted by Gasteiger charge is 2.25. The van der Waals surface area contributed by atoms with Gasteiger partial charge in [-0.3, -0.25) is 4.79 Å². The number of aromatic nitrogens is 2. The second-order valence-electron chi connectivity index (χ2n) is 9.12. The molecular weight excluding hydrogens is 486 g/mol. The lowest BCUT2D eigenvalue weighted by Gasteiger charge is -2.17. The Morgan fingerprint density at radius 3 is 2.41 bits per heavy atom. The molecule has 1 aromatic heterocycles. The number of rotatable bonds is 6. The predicted octanol–water partition coefficient (Wildman–Crippen LogP) is 4.75. The molecule has 1 aliphatic rings. The minimum atomic E-state index is -3.71. The molecular formula is C28H27N5O3S. The topological polar surface area (TPSA) is 104 Å². The van der Waals surface area contributed by atoms with E-state index in [0.717, 1.165) is 27.9 Å². The number of para-hydroxylation sites is 1. The third-order valence-electron chi connectivity index (χ3n) is 6.43. The first-order valence-electron chi connectivity index (χ1n) is 11.9. The Labute approximate surface area is 216 Å². The number of nitrogens with one attached hydrogen (secondary N) is 2. The molecule has 8 nitrogen and oxygen atoms in total. The molecule has 0 unspecified atom stereocenters. The van der Waals surface area contributed by atoms with Gasteiger partial charge in [0.05, 0.1) is 22.7 Å². The number of hydrogen-bond acceptors (Lipinski definition) is 6. The van der Waals surface area contributed by atoms with Crippen molar-refractivity contribution in [3.8, 4) is 11.3 Å². The molecule has 0 spiro atoms. The molecule has 1 aliphatic heterocycles. The number of anilines is 3. The molecule has 0 saturated carbocycles. The second-order valence-corrected chi connectivity index (χ2v) is 10.8. The van der Waals surface area contributed by atoms with E-state index in [9.17, 15) is 13.2 Å². The van der Waals surface area contributed by atoms with Gasteiger partial charge in [0.15, 0.2) is 0 Å². The van der Waals surface area contributed by atoms with Gasteiger partial charge >= 0.3 is 0 Å². The van der Waals surface area contributed by atoms with Gasteiger partial charge in [0.2, 0.25) is 21.9 Å².